The van der Waals surface area contributed by atoms with E-state index in [0.29, 0.717) is 51.6 Å². The molecule has 5 aromatic carbocycles. The van der Waals surface area contributed by atoms with Gasteiger partial charge in [-0.1, -0.05) is 60.7 Å². The highest BCUT2D eigenvalue weighted by Crippen LogP contribution is 2.43. The van der Waals surface area contributed by atoms with Crippen molar-refractivity contribution in [3.05, 3.63) is 138 Å². The minimum atomic E-state index is -1.34. The van der Waals surface area contributed by atoms with Crippen molar-refractivity contribution in [2.24, 2.45) is 0 Å². The van der Waals surface area contributed by atoms with Crippen LogP contribution >= 0.6 is 0 Å². The molecular formula is C46H41N3O10. The smallest absolute Gasteiger partial charge is 0.310 e. The number of nitrogens with one attached hydrogen (secondary N) is 1. The van der Waals surface area contributed by atoms with Gasteiger partial charge in [0.25, 0.3) is 11.8 Å². The number of amides is 2. The van der Waals surface area contributed by atoms with E-state index in [1.807, 2.05) is 48.5 Å². The fourth-order valence-corrected chi connectivity index (χ4v) is 7.51. The fourth-order valence-electron chi connectivity index (χ4n) is 7.51. The van der Waals surface area contributed by atoms with Crippen LogP contribution < -0.4 is 24.4 Å². The number of anilines is 1. The Morgan fingerprint density at radius 1 is 0.831 bits per heavy atom. The van der Waals surface area contributed by atoms with Crippen molar-refractivity contribution < 1.29 is 48.0 Å². The van der Waals surface area contributed by atoms with Crippen LogP contribution in [-0.4, -0.2) is 72.6 Å². The maximum absolute atomic E-state index is 15.0. The maximum atomic E-state index is 15.0. The van der Waals surface area contributed by atoms with Crippen molar-refractivity contribution in [2.45, 2.75) is 44.4 Å². The van der Waals surface area contributed by atoms with Gasteiger partial charge < -0.3 is 34.1 Å². The van der Waals surface area contributed by atoms with E-state index in [4.69, 9.17) is 23.7 Å². The number of hydrogen-bond donors (Lipinski definition) is 2. The summed E-state index contributed by atoms with van der Waals surface area (Å²) in [6.07, 6.45) is -1.58. The average molecular weight is 796 g/mol. The third-order valence-corrected chi connectivity index (χ3v) is 10.3. The van der Waals surface area contributed by atoms with Crippen LogP contribution in [0.15, 0.2) is 115 Å². The minimum absolute atomic E-state index is 0.0560. The number of carbonyl (C=O) groups excluding carboxylic acids is 4. The van der Waals surface area contributed by atoms with Gasteiger partial charge in [-0.15, -0.1) is 0 Å². The van der Waals surface area contributed by atoms with Crippen LogP contribution in [0, 0.1) is 0 Å². The zero-order valence-corrected chi connectivity index (χ0v) is 32.2. The number of para-hydroxylation sites is 1. The molecule has 0 bridgehead atoms. The highest BCUT2D eigenvalue weighted by atomic mass is 16.7. The summed E-state index contributed by atoms with van der Waals surface area (Å²) in [6, 6.07) is 31.5. The monoisotopic (exact) mass is 795 g/mol. The lowest BCUT2D eigenvalue weighted by molar-refractivity contribution is -0.154. The normalized spacial score (nSPS) is 16.6. The molecule has 2 aliphatic rings. The van der Waals surface area contributed by atoms with E-state index < -0.39 is 48.4 Å². The molecule has 0 radical (unpaired) electrons. The number of aromatic nitrogens is 1. The summed E-state index contributed by atoms with van der Waals surface area (Å²) in [5, 5.41) is 15.2. The number of pyridine rings is 1. The Bertz CT molecular complexity index is 2560. The number of nitrogens with zero attached hydrogens (tertiary/aromatic N) is 2. The van der Waals surface area contributed by atoms with Crippen LogP contribution in [0.1, 0.15) is 57.8 Å². The Labute approximate surface area is 339 Å². The molecule has 0 aliphatic carbocycles. The number of aliphatic hydroxyl groups is 1. The standard InChI is InChI=1S/C46H41N3O10/c1-2-55-41(51)26-38-44(59-42(52)23-28-12-19-39-40(22-28)58-27-57-39)43(48-45(53)32-14-13-29-8-3-4-10-31(29)24-32)34-25-33(56-21-7-20-50)16-18-37(34)49(38)46(54)36-17-15-30-9-5-6-11-35(30)47-36/h3-6,8-19,22,24-25,38,43-44,50H,2,7,20-21,23,26-27H2,1H3,(H,48,53)/t38-,43-,44-/m0/s1. The van der Waals surface area contributed by atoms with Crippen molar-refractivity contribution in [3.8, 4) is 17.2 Å². The molecule has 59 heavy (non-hydrogen) atoms. The van der Waals surface area contributed by atoms with Crippen LogP contribution in [0.4, 0.5) is 5.69 Å². The number of carbonyl (C=O) groups is 4. The van der Waals surface area contributed by atoms with E-state index in [1.54, 1.807) is 73.7 Å². The summed E-state index contributed by atoms with van der Waals surface area (Å²) in [4.78, 5) is 63.1. The van der Waals surface area contributed by atoms with Gasteiger partial charge in [-0.05, 0) is 77.9 Å². The second-order valence-corrected chi connectivity index (χ2v) is 14.1. The van der Waals surface area contributed by atoms with E-state index in [9.17, 15) is 24.3 Å². The highest BCUT2D eigenvalue weighted by Gasteiger charge is 2.48. The van der Waals surface area contributed by atoms with Gasteiger partial charge in [0.05, 0.1) is 49.3 Å². The molecule has 0 spiro atoms. The molecule has 0 fully saturated rings. The lowest BCUT2D eigenvalue weighted by Gasteiger charge is -2.45. The molecule has 13 heteroatoms. The zero-order chi connectivity index (χ0) is 40.9. The Morgan fingerprint density at radius 2 is 1.61 bits per heavy atom. The van der Waals surface area contributed by atoms with Crippen LogP contribution in [0.5, 0.6) is 17.2 Å². The van der Waals surface area contributed by atoms with Crippen LogP contribution in [0.25, 0.3) is 21.7 Å². The third kappa shape index (κ3) is 8.37. The van der Waals surface area contributed by atoms with Crippen molar-refractivity contribution in [1.82, 2.24) is 10.3 Å². The number of aliphatic hydroxyl groups excluding tert-OH is 1. The van der Waals surface area contributed by atoms with Gasteiger partial charge in [-0.25, -0.2) is 4.98 Å². The number of fused-ring (bicyclic) bond motifs is 4. The van der Waals surface area contributed by atoms with Gasteiger partial charge in [0.15, 0.2) is 11.5 Å². The van der Waals surface area contributed by atoms with Crippen molar-refractivity contribution in [2.75, 3.05) is 31.5 Å². The first-order valence-corrected chi connectivity index (χ1v) is 19.4. The molecule has 0 saturated heterocycles. The van der Waals surface area contributed by atoms with Crippen molar-refractivity contribution in [1.29, 1.82) is 0 Å². The topological polar surface area (TPSA) is 163 Å². The van der Waals surface area contributed by atoms with Gasteiger partial charge in [0, 0.05) is 29.5 Å². The molecule has 2 aliphatic heterocycles. The summed E-state index contributed by atoms with van der Waals surface area (Å²) >= 11 is 0. The lowest BCUT2D eigenvalue weighted by atomic mass is 9.85. The summed E-state index contributed by atoms with van der Waals surface area (Å²) in [7, 11) is 0. The first-order valence-electron chi connectivity index (χ1n) is 19.4. The lowest BCUT2D eigenvalue weighted by Crippen LogP contribution is -2.58. The number of hydrogen-bond acceptors (Lipinski definition) is 11. The second kappa shape index (κ2) is 17.2. The summed E-state index contributed by atoms with van der Waals surface area (Å²) in [6.45, 7) is 1.89. The maximum Gasteiger partial charge on any atom is 0.310 e. The SMILES string of the molecule is CCOC(=O)C[C@H]1[C@H](OC(=O)Cc2ccc3c(c2)OCO3)[C@@H](NC(=O)c2ccc3ccccc3c2)c2cc(OCCCO)ccc2N1C(=O)c1ccc2ccccc2n1. The van der Waals surface area contributed by atoms with Gasteiger partial charge >= 0.3 is 11.9 Å². The molecule has 2 N–H and O–H groups in total. The molecule has 6 aromatic rings. The summed E-state index contributed by atoms with van der Waals surface area (Å²) in [5.74, 6) is -0.986. The molecule has 1 aromatic heterocycles. The van der Waals surface area contributed by atoms with Crippen LogP contribution in [0.3, 0.4) is 0 Å². The van der Waals surface area contributed by atoms with Gasteiger partial charge in [-0.3, -0.25) is 24.1 Å². The van der Waals surface area contributed by atoms with Gasteiger partial charge in [0.1, 0.15) is 17.5 Å². The van der Waals surface area contributed by atoms with Crippen molar-refractivity contribution >= 4 is 51.1 Å². The molecule has 8 rings (SSSR count). The number of benzene rings is 5. The summed E-state index contributed by atoms with van der Waals surface area (Å²) < 4.78 is 28.8. The Hall–Kier alpha value is -6.99. The Balaban J connectivity index is 1.26. The van der Waals surface area contributed by atoms with E-state index in [-0.39, 0.29) is 38.7 Å². The number of esters is 2. The first-order chi connectivity index (χ1) is 28.8. The van der Waals surface area contributed by atoms with Gasteiger partial charge in [-0.2, -0.15) is 0 Å². The molecule has 0 saturated carbocycles. The quantitative estimate of drug-likeness (QED) is 0.0972. The van der Waals surface area contributed by atoms with Crippen LogP contribution in [-0.2, 0) is 25.5 Å². The van der Waals surface area contributed by atoms with E-state index >= 15 is 0 Å². The number of ether oxygens (including phenoxy) is 5. The predicted molar refractivity (Wildman–Crippen MR) is 218 cm³/mol. The Kier molecular flexibility index (Phi) is 11.4. The molecule has 3 atom stereocenters. The summed E-state index contributed by atoms with van der Waals surface area (Å²) in [5.41, 5.74) is 2.29. The molecule has 13 nitrogen and oxygen atoms in total. The van der Waals surface area contributed by atoms with E-state index in [1.165, 1.54) is 4.90 Å². The van der Waals surface area contributed by atoms with E-state index in [0.717, 1.165) is 16.2 Å². The number of rotatable bonds is 13. The van der Waals surface area contributed by atoms with Crippen molar-refractivity contribution in [3.63, 3.8) is 0 Å². The molecule has 300 valence electrons. The molecule has 3 heterocycles. The fraction of sp³-hybridized carbons (Fsp3) is 0.239. The highest BCUT2D eigenvalue weighted by molar-refractivity contribution is 6.08. The van der Waals surface area contributed by atoms with E-state index in [2.05, 4.69) is 10.3 Å². The van der Waals surface area contributed by atoms with Crippen LogP contribution in [0.2, 0.25) is 0 Å². The molecule has 2 amide bonds. The largest absolute Gasteiger partial charge is 0.493 e. The average Bonchev–Trinajstić information content (AvgIpc) is 3.72. The molecule has 0 unspecified atom stereocenters. The predicted octanol–water partition coefficient (Wildman–Crippen LogP) is 6.49. The first kappa shape index (κ1) is 38.9. The third-order valence-electron chi connectivity index (χ3n) is 10.3. The zero-order valence-electron chi connectivity index (χ0n) is 32.2. The second-order valence-electron chi connectivity index (χ2n) is 14.1. The minimum Gasteiger partial charge on any atom is -0.493 e. The Morgan fingerprint density at radius 3 is 2.44 bits per heavy atom. The molecular weight excluding hydrogens is 755 g/mol. The van der Waals surface area contributed by atoms with Gasteiger partial charge in [0.2, 0.25) is 6.79 Å².